The van der Waals surface area contributed by atoms with Crippen molar-refractivity contribution in [2.45, 2.75) is 31.1 Å². The Labute approximate surface area is 155 Å². The number of rotatable bonds is 2. The average molecular weight is 396 g/mol. The number of Topliss-reactive ketones (excluding diaryl/α,β-unsaturated/α-hetero) is 1. The average Bonchev–Trinajstić information content (AvgIpc) is 2.61. The third-order valence-corrected chi connectivity index (χ3v) is 5.55. The molecule has 2 aromatic rings. The highest BCUT2D eigenvalue weighted by Crippen LogP contribution is 2.42. The SMILES string of the molecule is O=C1CC(c2cccc(Br)c2)C2=C(CC(c3ccccc3)CC2=O)N1. The molecule has 3 nitrogen and oxygen atoms in total. The van der Waals surface area contributed by atoms with E-state index in [1.54, 1.807) is 0 Å². The van der Waals surface area contributed by atoms with E-state index in [9.17, 15) is 9.59 Å². The minimum Gasteiger partial charge on any atom is -0.329 e. The molecular formula is C21H18BrNO2. The quantitative estimate of drug-likeness (QED) is 0.815. The van der Waals surface area contributed by atoms with Crippen molar-refractivity contribution in [3.05, 3.63) is 81.5 Å². The van der Waals surface area contributed by atoms with Gasteiger partial charge in [0.1, 0.15) is 0 Å². The lowest BCUT2D eigenvalue weighted by Crippen LogP contribution is -2.38. The molecular weight excluding hydrogens is 378 g/mol. The third-order valence-electron chi connectivity index (χ3n) is 5.06. The highest BCUT2D eigenvalue weighted by Gasteiger charge is 2.38. The number of carbonyl (C=O) groups is 2. The van der Waals surface area contributed by atoms with E-state index in [-0.39, 0.29) is 23.5 Å². The molecule has 0 fully saturated rings. The van der Waals surface area contributed by atoms with Gasteiger partial charge in [0.2, 0.25) is 5.91 Å². The van der Waals surface area contributed by atoms with E-state index in [2.05, 4.69) is 33.4 Å². The van der Waals surface area contributed by atoms with Crippen molar-refractivity contribution in [2.75, 3.05) is 0 Å². The minimum absolute atomic E-state index is 0.00904. The first-order chi connectivity index (χ1) is 12.1. The Hall–Kier alpha value is -2.20. The Morgan fingerprint density at radius 2 is 1.64 bits per heavy atom. The van der Waals surface area contributed by atoms with Crippen LogP contribution in [0, 0.1) is 0 Å². The molecule has 1 aliphatic carbocycles. The van der Waals surface area contributed by atoms with Crippen LogP contribution in [0.4, 0.5) is 0 Å². The zero-order chi connectivity index (χ0) is 17.4. The molecule has 4 rings (SSSR count). The van der Waals surface area contributed by atoms with Crippen molar-refractivity contribution >= 4 is 27.6 Å². The van der Waals surface area contributed by atoms with Crippen LogP contribution in [0.3, 0.4) is 0 Å². The summed E-state index contributed by atoms with van der Waals surface area (Å²) in [6, 6.07) is 18.0. The van der Waals surface area contributed by atoms with Gasteiger partial charge in [0.15, 0.2) is 5.78 Å². The van der Waals surface area contributed by atoms with Gasteiger partial charge in [0.25, 0.3) is 0 Å². The first-order valence-electron chi connectivity index (χ1n) is 8.48. The zero-order valence-electron chi connectivity index (χ0n) is 13.7. The molecule has 0 bridgehead atoms. The summed E-state index contributed by atoms with van der Waals surface area (Å²) in [4.78, 5) is 25.2. The molecule has 2 unspecified atom stereocenters. The molecule has 0 saturated carbocycles. The van der Waals surface area contributed by atoms with Crippen molar-refractivity contribution in [3.63, 3.8) is 0 Å². The predicted molar refractivity (Wildman–Crippen MR) is 100 cm³/mol. The zero-order valence-corrected chi connectivity index (χ0v) is 15.3. The number of halogens is 1. The molecule has 1 heterocycles. The molecule has 126 valence electrons. The first kappa shape index (κ1) is 16.3. The summed E-state index contributed by atoms with van der Waals surface area (Å²) >= 11 is 3.49. The Balaban J connectivity index is 1.73. The summed E-state index contributed by atoms with van der Waals surface area (Å²) in [7, 11) is 0. The molecule has 4 heteroatoms. The van der Waals surface area contributed by atoms with E-state index in [1.807, 2.05) is 42.5 Å². The van der Waals surface area contributed by atoms with Crippen LogP contribution in [-0.4, -0.2) is 11.7 Å². The number of nitrogens with one attached hydrogen (secondary N) is 1. The fraction of sp³-hybridized carbons (Fsp3) is 0.238. The minimum atomic E-state index is -0.148. The Morgan fingerprint density at radius 3 is 2.40 bits per heavy atom. The van der Waals surface area contributed by atoms with Gasteiger partial charge < -0.3 is 5.32 Å². The second-order valence-corrected chi connectivity index (χ2v) is 7.61. The van der Waals surface area contributed by atoms with Gasteiger partial charge in [0, 0.05) is 34.5 Å². The van der Waals surface area contributed by atoms with Crippen molar-refractivity contribution in [1.82, 2.24) is 5.32 Å². The molecule has 1 amide bonds. The molecule has 0 aromatic heterocycles. The van der Waals surface area contributed by atoms with E-state index in [4.69, 9.17) is 0 Å². The maximum Gasteiger partial charge on any atom is 0.225 e. The normalized spacial score (nSPS) is 23.2. The fourth-order valence-electron chi connectivity index (χ4n) is 3.93. The van der Waals surface area contributed by atoms with E-state index in [0.29, 0.717) is 19.3 Å². The van der Waals surface area contributed by atoms with E-state index in [0.717, 1.165) is 26.9 Å². The van der Waals surface area contributed by atoms with Crippen LogP contribution >= 0.6 is 15.9 Å². The van der Waals surface area contributed by atoms with Crippen LogP contribution in [-0.2, 0) is 9.59 Å². The second kappa shape index (κ2) is 6.60. The standard InChI is InChI=1S/C21H18BrNO2/c22-16-8-4-7-14(9-16)17-12-20(25)23-18-10-15(11-19(24)21(17)18)13-5-2-1-3-6-13/h1-9,15,17H,10-12H2,(H,23,25). The van der Waals surface area contributed by atoms with Crippen LogP contribution in [0.2, 0.25) is 0 Å². The van der Waals surface area contributed by atoms with Crippen LogP contribution in [0.1, 0.15) is 42.2 Å². The van der Waals surface area contributed by atoms with Crippen molar-refractivity contribution in [2.24, 2.45) is 0 Å². The van der Waals surface area contributed by atoms with Gasteiger partial charge in [-0.3, -0.25) is 9.59 Å². The van der Waals surface area contributed by atoms with Gasteiger partial charge in [-0.1, -0.05) is 58.4 Å². The van der Waals surface area contributed by atoms with E-state index in [1.165, 1.54) is 0 Å². The maximum atomic E-state index is 13.0. The first-order valence-corrected chi connectivity index (χ1v) is 9.27. The Kier molecular flexibility index (Phi) is 4.30. The van der Waals surface area contributed by atoms with Crippen LogP contribution in [0.15, 0.2) is 70.3 Å². The highest BCUT2D eigenvalue weighted by atomic mass is 79.9. The van der Waals surface area contributed by atoms with Gasteiger partial charge in [0.05, 0.1) is 0 Å². The molecule has 2 aromatic carbocycles. The predicted octanol–water partition coefficient (Wildman–Crippen LogP) is 4.45. The van der Waals surface area contributed by atoms with Crippen molar-refractivity contribution in [1.29, 1.82) is 0 Å². The number of carbonyl (C=O) groups excluding carboxylic acids is 2. The van der Waals surface area contributed by atoms with Crippen LogP contribution in [0.25, 0.3) is 0 Å². The monoisotopic (exact) mass is 395 g/mol. The summed E-state index contributed by atoms with van der Waals surface area (Å²) < 4.78 is 0.962. The fourth-order valence-corrected chi connectivity index (χ4v) is 4.35. The highest BCUT2D eigenvalue weighted by molar-refractivity contribution is 9.10. The summed E-state index contributed by atoms with van der Waals surface area (Å²) in [6.45, 7) is 0. The number of benzene rings is 2. The smallest absolute Gasteiger partial charge is 0.225 e. The molecule has 2 atom stereocenters. The maximum absolute atomic E-state index is 13.0. The topological polar surface area (TPSA) is 46.2 Å². The Bertz CT molecular complexity index is 872. The summed E-state index contributed by atoms with van der Waals surface area (Å²) in [5.41, 5.74) is 3.78. The van der Waals surface area contributed by atoms with E-state index >= 15 is 0 Å². The molecule has 25 heavy (non-hydrogen) atoms. The second-order valence-electron chi connectivity index (χ2n) is 6.69. The van der Waals surface area contributed by atoms with Gasteiger partial charge >= 0.3 is 0 Å². The Morgan fingerprint density at radius 1 is 0.880 bits per heavy atom. The number of ketones is 1. The van der Waals surface area contributed by atoms with E-state index < -0.39 is 0 Å². The summed E-state index contributed by atoms with van der Waals surface area (Å²) in [5, 5.41) is 2.97. The van der Waals surface area contributed by atoms with Gasteiger partial charge in [-0.2, -0.15) is 0 Å². The molecule has 1 aliphatic heterocycles. The number of hydrogen-bond acceptors (Lipinski definition) is 2. The summed E-state index contributed by atoms with van der Waals surface area (Å²) in [5.74, 6) is 0.129. The molecule has 0 saturated heterocycles. The molecule has 0 radical (unpaired) electrons. The number of hydrogen-bond donors (Lipinski definition) is 1. The van der Waals surface area contributed by atoms with Crippen LogP contribution < -0.4 is 5.32 Å². The largest absolute Gasteiger partial charge is 0.329 e. The molecule has 0 spiro atoms. The molecule has 2 aliphatic rings. The van der Waals surface area contributed by atoms with Crippen molar-refractivity contribution < 1.29 is 9.59 Å². The number of amides is 1. The lowest BCUT2D eigenvalue weighted by atomic mass is 9.73. The lowest BCUT2D eigenvalue weighted by molar-refractivity contribution is -0.122. The summed E-state index contributed by atoms with van der Waals surface area (Å²) in [6.07, 6.45) is 1.54. The van der Waals surface area contributed by atoms with Gasteiger partial charge in [-0.25, -0.2) is 0 Å². The van der Waals surface area contributed by atoms with Gasteiger partial charge in [-0.05, 0) is 35.6 Å². The van der Waals surface area contributed by atoms with Crippen molar-refractivity contribution in [3.8, 4) is 0 Å². The van der Waals surface area contributed by atoms with Crippen LogP contribution in [0.5, 0.6) is 0 Å². The number of allylic oxidation sites excluding steroid dienone is 2. The van der Waals surface area contributed by atoms with Gasteiger partial charge in [-0.15, -0.1) is 0 Å². The molecule has 1 N–H and O–H groups in total. The third kappa shape index (κ3) is 3.19. The lowest BCUT2D eigenvalue weighted by Gasteiger charge is -2.34.